The van der Waals surface area contributed by atoms with Crippen molar-refractivity contribution < 1.29 is 9.59 Å². The highest BCUT2D eigenvalue weighted by atomic mass is 79.9. The Labute approximate surface area is 152 Å². The highest BCUT2D eigenvalue weighted by Crippen LogP contribution is 2.21. The number of carbonyl (C=O) groups excluding carboxylic acids is 2. The number of hydrazine groups is 1. The minimum absolute atomic E-state index is 0.139. The van der Waals surface area contributed by atoms with Crippen molar-refractivity contribution in [1.29, 1.82) is 0 Å². The number of amides is 2. The molecule has 2 amide bonds. The van der Waals surface area contributed by atoms with Gasteiger partial charge >= 0.3 is 0 Å². The summed E-state index contributed by atoms with van der Waals surface area (Å²) in [6.07, 6.45) is 1.72. The molecule has 7 heteroatoms. The Morgan fingerprint density at radius 1 is 1.12 bits per heavy atom. The van der Waals surface area contributed by atoms with Crippen LogP contribution in [0.4, 0.5) is 11.4 Å². The Bertz CT molecular complexity index is 804. The van der Waals surface area contributed by atoms with Crippen molar-refractivity contribution >= 4 is 50.7 Å². The molecule has 1 heterocycles. The first-order chi connectivity index (χ1) is 11.5. The molecule has 0 saturated carbocycles. The number of hydrogen-bond acceptors (Lipinski definition) is 3. The molecule has 0 fully saturated rings. The van der Waals surface area contributed by atoms with Crippen molar-refractivity contribution in [2.24, 2.45) is 0 Å². The van der Waals surface area contributed by atoms with Crippen LogP contribution in [0.1, 0.15) is 6.42 Å². The van der Waals surface area contributed by atoms with Crippen LogP contribution in [0.25, 0.3) is 0 Å². The summed E-state index contributed by atoms with van der Waals surface area (Å²) in [5.74, 6) is -0.465. The maximum absolute atomic E-state index is 12.4. The van der Waals surface area contributed by atoms with Gasteiger partial charge in [0.15, 0.2) is 0 Å². The third kappa shape index (κ3) is 3.77. The van der Waals surface area contributed by atoms with Gasteiger partial charge in [-0.2, -0.15) is 0 Å². The normalized spacial score (nSPS) is 14.0. The van der Waals surface area contributed by atoms with Crippen LogP contribution in [0.3, 0.4) is 0 Å². The lowest BCUT2D eigenvalue weighted by Gasteiger charge is -2.28. The number of hydrogen-bond donors (Lipinski definition) is 2. The van der Waals surface area contributed by atoms with E-state index in [1.807, 2.05) is 12.1 Å². The van der Waals surface area contributed by atoms with Crippen LogP contribution in [0.5, 0.6) is 0 Å². The topological polar surface area (TPSA) is 61.4 Å². The molecule has 0 atom stereocenters. The SMILES string of the molecule is O=C(Nc1ccc(Cl)cc1)C1=CCC(=O)N(c2ccc(Br)cc2)N1. The van der Waals surface area contributed by atoms with Crippen LogP contribution in [-0.2, 0) is 9.59 Å². The Morgan fingerprint density at radius 2 is 1.79 bits per heavy atom. The Morgan fingerprint density at radius 3 is 2.46 bits per heavy atom. The molecule has 0 aromatic heterocycles. The van der Waals surface area contributed by atoms with Crippen molar-refractivity contribution in [1.82, 2.24) is 5.43 Å². The van der Waals surface area contributed by atoms with Gasteiger partial charge in [-0.05, 0) is 54.6 Å². The van der Waals surface area contributed by atoms with Gasteiger partial charge in [0, 0.05) is 21.6 Å². The summed E-state index contributed by atoms with van der Waals surface area (Å²) in [5.41, 5.74) is 4.46. The highest BCUT2D eigenvalue weighted by Gasteiger charge is 2.24. The smallest absolute Gasteiger partial charge is 0.273 e. The van der Waals surface area contributed by atoms with E-state index in [1.54, 1.807) is 42.5 Å². The summed E-state index contributed by atoms with van der Waals surface area (Å²) in [7, 11) is 0. The molecular formula is C17H13BrClN3O2. The minimum atomic E-state index is -0.327. The second-order valence-corrected chi connectivity index (χ2v) is 6.45. The zero-order valence-corrected chi connectivity index (χ0v) is 14.8. The zero-order valence-electron chi connectivity index (χ0n) is 12.4. The van der Waals surface area contributed by atoms with Crippen LogP contribution in [0.15, 0.2) is 64.8 Å². The van der Waals surface area contributed by atoms with Crippen LogP contribution in [0, 0.1) is 0 Å². The molecule has 1 aliphatic rings. The predicted molar refractivity (Wildman–Crippen MR) is 97.5 cm³/mol. The molecule has 24 heavy (non-hydrogen) atoms. The fourth-order valence-electron chi connectivity index (χ4n) is 2.18. The van der Waals surface area contributed by atoms with Gasteiger partial charge in [-0.1, -0.05) is 27.5 Å². The average molecular weight is 407 g/mol. The molecule has 0 aliphatic carbocycles. The molecular weight excluding hydrogens is 394 g/mol. The third-order valence-corrected chi connectivity index (χ3v) is 4.17. The number of benzene rings is 2. The minimum Gasteiger partial charge on any atom is -0.321 e. The molecule has 0 saturated heterocycles. The summed E-state index contributed by atoms with van der Waals surface area (Å²) in [6, 6.07) is 14.0. The molecule has 2 N–H and O–H groups in total. The van der Waals surface area contributed by atoms with Crippen LogP contribution in [0.2, 0.25) is 5.02 Å². The van der Waals surface area contributed by atoms with Gasteiger partial charge in [0.2, 0.25) is 5.91 Å². The average Bonchev–Trinajstić information content (AvgIpc) is 2.58. The Hall–Kier alpha value is -2.31. The lowest BCUT2D eigenvalue weighted by molar-refractivity contribution is -0.119. The van der Waals surface area contributed by atoms with E-state index in [4.69, 9.17) is 11.6 Å². The van der Waals surface area contributed by atoms with Gasteiger partial charge in [-0.15, -0.1) is 0 Å². The number of carbonyl (C=O) groups is 2. The van der Waals surface area contributed by atoms with E-state index in [9.17, 15) is 9.59 Å². The molecule has 0 radical (unpaired) electrons. The number of rotatable bonds is 3. The van der Waals surface area contributed by atoms with Gasteiger partial charge in [0.05, 0.1) is 5.69 Å². The maximum Gasteiger partial charge on any atom is 0.273 e. The van der Waals surface area contributed by atoms with Crippen molar-refractivity contribution in [3.63, 3.8) is 0 Å². The van der Waals surface area contributed by atoms with Gasteiger partial charge in [-0.25, -0.2) is 5.01 Å². The fourth-order valence-corrected chi connectivity index (χ4v) is 2.57. The second-order valence-electron chi connectivity index (χ2n) is 5.10. The van der Waals surface area contributed by atoms with Gasteiger partial charge in [0.25, 0.3) is 5.91 Å². The second kappa shape index (κ2) is 7.07. The van der Waals surface area contributed by atoms with E-state index in [0.29, 0.717) is 22.1 Å². The molecule has 0 bridgehead atoms. The summed E-state index contributed by atoms with van der Waals surface area (Å²) in [4.78, 5) is 24.5. The third-order valence-electron chi connectivity index (χ3n) is 3.39. The van der Waals surface area contributed by atoms with Gasteiger partial charge in [0.1, 0.15) is 5.70 Å². The van der Waals surface area contributed by atoms with E-state index in [2.05, 4.69) is 26.7 Å². The van der Waals surface area contributed by atoms with E-state index >= 15 is 0 Å². The van der Waals surface area contributed by atoms with Crippen LogP contribution in [-0.4, -0.2) is 11.8 Å². The number of nitrogens with one attached hydrogen (secondary N) is 2. The van der Waals surface area contributed by atoms with E-state index in [1.165, 1.54) is 5.01 Å². The first-order valence-electron chi connectivity index (χ1n) is 7.15. The lowest BCUT2D eigenvalue weighted by atomic mass is 10.2. The van der Waals surface area contributed by atoms with Crippen molar-refractivity contribution in [2.75, 3.05) is 10.3 Å². The lowest BCUT2D eigenvalue weighted by Crippen LogP contribution is -2.47. The molecule has 0 unspecified atom stereocenters. The Balaban J connectivity index is 1.74. The van der Waals surface area contributed by atoms with Crippen molar-refractivity contribution in [3.8, 4) is 0 Å². The van der Waals surface area contributed by atoms with Gasteiger partial charge < -0.3 is 5.32 Å². The van der Waals surface area contributed by atoms with Crippen LogP contribution < -0.4 is 15.8 Å². The maximum atomic E-state index is 12.4. The predicted octanol–water partition coefficient (Wildman–Crippen LogP) is 3.87. The zero-order chi connectivity index (χ0) is 17.1. The van der Waals surface area contributed by atoms with Gasteiger partial charge in [-0.3, -0.25) is 15.0 Å². The number of nitrogens with zero attached hydrogens (tertiary/aromatic N) is 1. The Kier molecular flexibility index (Phi) is 4.87. The molecule has 5 nitrogen and oxygen atoms in total. The highest BCUT2D eigenvalue weighted by molar-refractivity contribution is 9.10. The monoisotopic (exact) mass is 405 g/mol. The first-order valence-corrected chi connectivity index (χ1v) is 8.32. The molecule has 1 aliphatic heterocycles. The first kappa shape index (κ1) is 16.5. The molecule has 2 aromatic rings. The number of anilines is 2. The summed E-state index contributed by atoms with van der Waals surface area (Å²) in [6.45, 7) is 0. The fraction of sp³-hybridized carbons (Fsp3) is 0.0588. The summed E-state index contributed by atoms with van der Waals surface area (Å²) in [5, 5.41) is 4.72. The summed E-state index contributed by atoms with van der Waals surface area (Å²) < 4.78 is 0.909. The molecule has 3 rings (SSSR count). The summed E-state index contributed by atoms with van der Waals surface area (Å²) >= 11 is 9.18. The molecule has 2 aromatic carbocycles. The molecule has 122 valence electrons. The standard InChI is InChI=1S/C17H13BrClN3O2/c18-11-1-7-14(8-2-11)22-16(23)10-9-15(21-22)17(24)20-13-5-3-12(19)4-6-13/h1-9,21H,10H2,(H,20,24). The van der Waals surface area contributed by atoms with Crippen LogP contribution >= 0.6 is 27.5 Å². The van der Waals surface area contributed by atoms with E-state index in [0.717, 1.165) is 4.47 Å². The van der Waals surface area contributed by atoms with E-state index < -0.39 is 0 Å². The largest absolute Gasteiger partial charge is 0.321 e. The molecule has 0 spiro atoms. The van der Waals surface area contributed by atoms with Crippen molar-refractivity contribution in [3.05, 3.63) is 69.8 Å². The quantitative estimate of drug-likeness (QED) is 0.813. The van der Waals surface area contributed by atoms with E-state index in [-0.39, 0.29) is 18.2 Å². The van der Waals surface area contributed by atoms with Crippen molar-refractivity contribution in [2.45, 2.75) is 6.42 Å². The number of halogens is 2.